The minimum atomic E-state index is -0.104. The maximum atomic E-state index is 13.0. The Hall–Kier alpha value is -2.37. The zero-order valence-corrected chi connectivity index (χ0v) is 22.7. The number of nitrogens with zero attached hydrogens (tertiary/aromatic N) is 2. The molecule has 36 heavy (non-hydrogen) atoms. The number of halogens is 3. The van der Waals surface area contributed by atoms with Crippen LogP contribution in [0.4, 0.5) is 10.2 Å². The van der Waals surface area contributed by atoms with E-state index in [-0.39, 0.29) is 23.0 Å². The van der Waals surface area contributed by atoms with Gasteiger partial charge in [-0.1, -0.05) is 30.1 Å². The van der Waals surface area contributed by atoms with E-state index in [0.29, 0.717) is 32.6 Å². The number of allylic oxidation sites excluding steroid dienone is 1. The smallest absolute Gasteiger partial charge is 0.120 e. The van der Waals surface area contributed by atoms with Gasteiger partial charge in [0.2, 0.25) is 0 Å². The molecule has 0 bridgehead atoms. The van der Waals surface area contributed by atoms with Crippen LogP contribution in [0.1, 0.15) is 18.1 Å². The van der Waals surface area contributed by atoms with E-state index >= 15 is 0 Å². The van der Waals surface area contributed by atoms with Gasteiger partial charge in [0.15, 0.2) is 0 Å². The lowest BCUT2D eigenvalue weighted by Crippen LogP contribution is -2.69. The normalized spacial score (nSPS) is 15.2. The van der Waals surface area contributed by atoms with Gasteiger partial charge in [0.1, 0.15) is 12.4 Å². The van der Waals surface area contributed by atoms with Crippen molar-refractivity contribution in [2.75, 3.05) is 44.7 Å². The standard InChI is InChI=1S/C17H16Cl2FN5O.C5H10N2.C2H6S/c1-25(20)8-10(5-21)17(23)12-4-11(2-3-16(12)22)26-9-13-14(18)6-24-7-15(13)19;1-5(2-6-1)3-7-4-5;1-2-3/h2-8,21,23H,9,22H2,1H3;6-7H,1-4H2;3H,2H2,1H3/b10-8-,21-5?,23-17?;;. The second-order valence-electron chi connectivity index (χ2n) is 8.27. The molecular weight excluding hydrogens is 524 g/mol. The van der Waals surface area contributed by atoms with Crippen molar-refractivity contribution in [3.63, 3.8) is 0 Å². The highest BCUT2D eigenvalue weighted by Gasteiger charge is 2.41. The van der Waals surface area contributed by atoms with Gasteiger partial charge >= 0.3 is 0 Å². The lowest BCUT2D eigenvalue weighted by atomic mass is 9.76. The summed E-state index contributed by atoms with van der Waals surface area (Å²) in [6, 6.07) is 4.73. The number of ether oxygens (including phenoxy) is 1. The third-order valence-electron chi connectivity index (χ3n) is 5.39. The quantitative estimate of drug-likeness (QED) is 0.130. The molecule has 0 atom stereocenters. The largest absolute Gasteiger partial charge is 0.489 e. The number of nitrogen functional groups attached to an aromatic ring is 1. The van der Waals surface area contributed by atoms with Crippen LogP contribution in [0, 0.1) is 16.2 Å². The molecule has 196 valence electrons. The van der Waals surface area contributed by atoms with E-state index in [1.165, 1.54) is 44.6 Å². The van der Waals surface area contributed by atoms with Crippen LogP contribution in [0.3, 0.4) is 0 Å². The minimum absolute atomic E-state index is 0.0547. The molecular formula is C24H32Cl2FN7OS. The maximum Gasteiger partial charge on any atom is 0.120 e. The summed E-state index contributed by atoms with van der Waals surface area (Å²) in [5.41, 5.74) is 7.78. The number of pyridine rings is 1. The van der Waals surface area contributed by atoms with Gasteiger partial charge in [0, 0.05) is 85.8 Å². The average Bonchev–Trinajstić information content (AvgIpc) is 2.76. The molecule has 0 saturated carbocycles. The number of thiol groups is 1. The molecule has 2 aliphatic rings. The first-order valence-corrected chi connectivity index (χ1v) is 12.6. The molecule has 12 heteroatoms. The Bertz CT molecular complexity index is 1040. The van der Waals surface area contributed by atoms with Gasteiger partial charge < -0.3 is 26.5 Å². The number of hydrogen-bond acceptors (Lipinski definition) is 9. The van der Waals surface area contributed by atoms with E-state index in [9.17, 15) is 4.48 Å². The van der Waals surface area contributed by atoms with Gasteiger partial charge in [-0.25, -0.2) is 5.12 Å². The number of benzene rings is 1. The highest BCUT2D eigenvalue weighted by Crippen LogP contribution is 2.27. The summed E-state index contributed by atoms with van der Waals surface area (Å²) in [6.45, 7) is 7.08. The third kappa shape index (κ3) is 8.35. The summed E-state index contributed by atoms with van der Waals surface area (Å²) in [5, 5.41) is 23.1. The van der Waals surface area contributed by atoms with Crippen LogP contribution < -0.4 is 21.1 Å². The molecule has 3 heterocycles. The van der Waals surface area contributed by atoms with Crippen LogP contribution in [0.25, 0.3) is 0 Å². The molecule has 4 rings (SSSR count). The van der Waals surface area contributed by atoms with E-state index in [1.54, 1.807) is 12.1 Å². The molecule has 8 nitrogen and oxygen atoms in total. The fourth-order valence-electron chi connectivity index (χ4n) is 3.30. The Labute approximate surface area is 226 Å². The summed E-state index contributed by atoms with van der Waals surface area (Å²) >= 11 is 15.9. The molecule has 2 aromatic rings. The number of rotatable bonds is 7. The SMILES string of the molecule is C1NCC12CNC2.CCS.CN(F)/C=C(/C=N)C(=N)c1cc(OCc2c(Cl)cncc2Cl)ccc1N. The van der Waals surface area contributed by atoms with Gasteiger partial charge in [-0.3, -0.25) is 10.4 Å². The van der Waals surface area contributed by atoms with Crippen LogP contribution in [-0.2, 0) is 6.61 Å². The molecule has 1 spiro atoms. The van der Waals surface area contributed by atoms with Gasteiger partial charge in [-0.05, 0) is 24.0 Å². The first-order chi connectivity index (χ1) is 17.2. The van der Waals surface area contributed by atoms with E-state index < -0.39 is 0 Å². The van der Waals surface area contributed by atoms with E-state index in [2.05, 4.69) is 28.2 Å². The zero-order chi connectivity index (χ0) is 26.7. The van der Waals surface area contributed by atoms with Crippen molar-refractivity contribution in [3.8, 4) is 5.75 Å². The Morgan fingerprint density at radius 2 is 1.81 bits per heavy atom. The van der Waals surface area contributed by atoms with Crippen LogP contribution in [0.5, 0.6) is 5.75 Å². The van der Waals surface area contributed by atoms with Crippen molar-refractivity contribution in [2.24, 2.45) is 5.41 Å². The zero-order valence-electron chi connectivity index (χ0n) is 20.2. The lowest BCUT2D eigenvalue weighted by Gasteiger charge is -2.50. The molecule has 0 aliphatic carbocycles. The van der Waals surface area contributed by atoms with Crippen molar-refractivity contribution < 1.29 is 9.22 Å². The number of aromatic nitrogens is 1. The molecule has 2 saturated heterocycles. The van der Waals surface area contributed by atoms with Crippen molar-refractivity contribution in [2.45, 2.75) is 13.5 Å². The summed E-state index contributed by atoms with van der Waals surface area (Å²) in [6.07, 6.45) is 4.82. The van der Waals surface area contributed by atoms with Crippen molar-refractivity contribution >= 4 is 53.4 Å². The second-order valence-corrected chi connectivity index (χ2v) is 9.72. The molecule has 6 N–H and O–H groups in total. The summed E-state index contributed by atoms with van der Waals surface area (Å²) < 4.78 is 18.7. The fraction of sp³-hybridized carbons (Fsp3) is 0.375. The first kappa shape index (κ1) is 29.9. The number of nitrogens with one attached hydrogen (secondary N) is 4. The molecule has 0 unspecified atom stereocenters. The summed E-state index contributed by atoms with van der Waals surface area (Å²) in [4.78, 5) is 3.87. The van der Waals surface area contributed by atoms with Crippen molar-refractivity contribution in [3.05, 3.63) is 63.5 Å². The minimum Gasteiger partial charge on any atom is -0.489 e. The van der Waals surface area contributed by atoms with Gasteiger partial charge in [-0.15, -0.1) is 4.48 Å². The van der Waals surface area contributed by atoms with E-state index in [1.807, 2.05) is 6.92 Å². The first-order valence-electron chi connectivity index (χ1n) is 11.2. The van der Waals surface area contributed by atoms with Crippen LogP contribution in [0.2, 0.25) is 10.0 Å². The maximum absolute atomic E-state index is 13.0. The third-order valence-corrected chi connectivity index (χ3v) is 6.04. The number of nitrogens with two attached hydrogens (primary N) is 1. The highest BCUT2D eigenvalue weighted by atomic mass is 35.5. The fourth-order valence-corrected chi connectivity index (χ4v) is 3.78. The van der Waals surface area contributed by atoms with Gasteiger partial charge in [0.25, 0.3) is 0 Å². The van der Waals surface area contributed by atoms with Crippen LogP contribution in [-0.4, -0.2) is 61.0 Å². The number of hydrogen-bond donors (Lipinski definition) is 6. The average molecular weight is 557 g/mol. The molecule has 1 aromatic heterocycles. The topological polar surface area (TPSA) is 123 Å². The van der Waals surface area contributed by atoms with E-state index in [4.69, 9.17) is 44.5 Å². The highest BCUT2D eigenvalue weighted by molar-refractivity contribution is 7.80. The predicted molar refractivity (Wildman–Crippen MR) is 150 cm³/mol. The molecule has 0 amide bonds. The van der Waals surface area contributed by atoms with Crippen LogP contribution >= 0.6 is 35.8 Å². The Kier molecular flexibility index (Phi) is 11.9. The molecule has 2 aliphatic heterocycles. The number of anilines is 1. The van der Waals surface area contributed by atoms with Gasteiger partial charge in [-0.2, -0.15) is 12.6 Å². The summed E-state index contributed by atoms with van der Waals surface area (Å²) in [7, 11) is 1.15. The van der Waals surface area contributed by atoms with Crippen molar-refractivity contribution in [1.29, 1.82) is 10.8 Å². The molecule has 2 fully saturated rings. The molecule has 1 aromatic carbocycles. The van der Waals surface area contributed by atoms with Crippen molar-refractivity contribution in [1.82, 2.24) is 20.7 Å². The predicted octanol–water partition coefficient (Wildman–Crippen LogP) is 4.38. The second kappa shape index (κ2) is 14.4. The summed E-state index contributed by atoms with van der Waals surface area (Å²) in [5.74, 6) is 1.36. The van der Waals surface area contributed by atoms with Crippen LogP contribution in [0.15, 0.2) is 42.4 Å². The van der Waals surface area contributed by atoms with Gasteiger partial charge in [0.05, 0.1) is 15.8 Å². The Morgan fingerprint density at radius 1 is 1.25 bits per heavy atom. The Balaban J connectivity index is 0.000000374. The van der Waals surface area contributed by atoms with E-state index in [0.717, 1.165) is 30.6 Å². The lowest BCUT2D eigenvalue weighted by molar-refractivity contribution is 0.0895. The molecule has 0 radical (unpaired) electrons. The Morgan fingerprint density at radius 3 is 2.22 bits per heavy atom. The monoisotopic (exact) mass is 555 g/mol.